The summed E-state index contributed by atoms with van der Waals surface area (Å²) in [6, 6.07) is 2.52. The van der Waals surface area contributed by atoms with Crippen molar-refractivity contribution in [2.24, 2.45) is 0 Å². The molecule has 0 unspecified atom stereocenters. The Morgan fingerprint density at radius 3 is 2.40 bits per heavy atom. The number of rotatable bonds is 0. The Kier molecular flexibility index (Phi) is 3.22. The van der Waals surface area contributed by atoms with E-state index in [-0.39, 0.29) is 5.56 Å². The summed E-state index contributed by atoms with van der Waals surface area (Å²) in [6.07, 6.45) is -4.52. The van der Waals surface area contributed by atoms with E-state index in [9.17, 15) is 13.2 Å². The maximum Gasteiger partial charge on any atom is 0.416 e. The maximum absolute atomic E-state index is 12.3. The number of hydrogen-bond donors (Lipinski definition) is 2. The van der Waals surface area contributed by atoms with Gasteiger partial charge in [0, 0.05) is 5.56 Å². The van der Waals surface area contributed by atoms with Gasteiger partial charge in [-0.3, -0.25) is 0 Å². The molecule has 0 atom stereocenters. The van der Waals surface area contributed by atoms with Crippen LogP contribution in [0.2, 0.25) is 0 Å². The van der Waals surface area contributed by atoms with Gasteiger partial charge in [-0.25, -0.2) is 0 Å². The van der Waals surface area contributed by atoms with E-state index in [1.165, 1.54) is 0 Å². The quantitative estimate of drug-likeness (QED) is 0.648. The van der Waals surface area contributed by atoms with E-state index in [1.54, 1.807) is 0 Å². The van der Waals surface area contributed by atoms with Gasteiger partial charge >= 0.3 is 6.18 Å². The number of aromatic hydroxyl groups is 1. The first-order chi connectivity index (χ1) is 6.93. The molecule has 0 amide bonds. The SMILES string of the molecule is OCC#Cc1cc(O)cc(C(F)(F)F)c1. The summed E-state index contributed by atoms with van der Waals surface area (Å²) in [4.78, 5) is 0. The van der Waals surface area contributed by atoms with Crippen LogP contribution in [0.1, 0.15) is 11.1 Å². The Bertz CT molecular complexity index is 413. The van der Waals surface area contributed by atoms with Gasteiger partial charge < -0.3 is 10.2 Å². The first-order valence-corrected chi connectivity index (χ1v) is 3.94. The Morgan fingerprint density at radius 1 is 1.20 bits per heavy atom. The van der Waals surface area contributed by atoms with Crippen LogP contribution in [0.15, 0.2) is 18.2 Å². The van der Waals surface area contributed by atoms with Crippen molar-refractivity contribution >= 4 is 0 Å². The van der Waals surface area contributed by atoms with Crippen molar-refractivity contribution in [3.63, 3.8) is 0 Å². The van der Waals surface area contributed by atoms with Crippen LogP contribution in [-0.4, -0.2) is 16.8 Å². The molecule has 0 aliphatic heterocycles. The lowest BCUT2D eigenvalue weighted by Crippen LogP contribution is -2.04. The Balaban J connectivity index is 3.17. The van der Waals surface area contributed by atoms with Gasteiger partial charge in [0.1, 0.15) is 12.4 Å². The van der Waals surface area contributed by atoms with E-state index < -0.39 is 24.1 Å². The predicted molar refractivity (Wildman–Crippen MR) is 47.1 cm³/mol. The Labute approximate surface area is 84.0 Å². The molecule has 0 spiro atoms. The highest BCUT2D eigenvalue weighted by atomic mass is 19.4. The fourth-order valence-electron chi connectivity index (χ4n) is 0.989. The Morgan fingerprint density at radius 2 is 1.87 bits per heavy atom. The van der Waals surface area contributed by atoms with Gasteiger partial charge in [-0.15, -0.1) is 0 Å². The molecule has 0 saturated heterocycles. The van der Waals surface area contributed by atoms with Gasteiger partial charge in [-0.2, -0.15) is 13.2 Å². The Hall–Kier alpha value is -1.67. The molecular formula is C10H7F3O2. The number of alkyl halides is 3. The van der Waals surface area contributed by atoms with Gasteiger partial charge in [0.05, 0.1) is 5.56 Å². The lowest BCUT2D eigenvalue weighted by Gasteiger charge is -2.07. The van der Waals surface area contributed by atoms with Crippen LogP contribution in [0.5, 0.6) is 5.75 Å². The molecule has 1 aromatic rings. The maximum atomic E-state index is 12.3. The molecule has 15 heavy (non-hydrogen) atoms. The fraction of sp³-hybridized carbons (Fsp3) is 0.200. The molecule has 1 aromatic carbocycles. The van der Waals surface area contributed by atoms with Gasteiger partial charge in [0.15, 0.2) is 0 Å². The summed E-state index contributed by atoms with van der Waals surface area (Å²) in [6.45, 7) is -0.447. The molecule has 0 heterocycles. The number of aliphatic hydroxyl groups excluding tert-OH is 1. The summed E-state index contributed by atoms with van der Waals surface area (Å²) < 4.78 is 36.8. The molecule has 0 radical (unpaired) electrons. The van der Waals surface area contributed by atoms with E-state index in [2.05, 4.69) is 11.8 Å². The first kappa shape index (κ1) is 11.4. The van der Waals surface area contributed by atoms with Crippen molar-refractivity contribution in [3.05, 3.63) is 29.3 Å². The predicted octanol–water partition coefficient (Wildman–Crippen LogP) is 1.75. The minimum atomic E-state index is -4.52. The lowest BCUT2D eigenvalue weighted by molar-refractivity contribution is -0.137. The largest absolute Gasteiger partial charge is 0.508 e. The minimum absolute atomic E-state index is 0.0105. The van der Waals surface area contributed by atoms with Gasteiger partial charge in [-0.1, -0.05) is 11.8 Å². The summed E-state index contributed by atoms with van der Waals surface area (Å²) in [5.74, 6) is 3.98. The number of aliphatic hydroxyl groups is 1. The zero-order valence-electron chi connectivity index (χ0n) is 7.47. The van der Waals surface area contributed by atoms with Crippen LogP contribution in [0.4, 0.5) is 13.2 Å². The van der Waals surface area contributed by atoms with Crippen molar-refractivity contribution in [2.45, 2.75) is 6.18 Å². The molecule has 0 bridgehead atoms. The van der Waals surface area contributed by atoms with Gasteiger partial charge in [0.2, 0.25) is 0 Å². The molecular weight excluding hydrogens is 209 g/mol. The standard InChI is InChI=1S/C10H7F3O2/c11-10(12,13)8-4-7(2-1-3-14)5-9(15)6-8/h4-6,14-15H,3H2. The van der Waals surface area contributed by atoms with Crippen molar-refractivity contribution in [3.8, 4) is 17.6 Å². The zero-order valence-corrected chi connectivity index (χ0v) is 7.47. The third kappa shape index (κ3) is 3.18. The number of hydrogen-bond acceptors (Lipinski definition) is 2. The highest BCUT2D eigenvalue weighted by Gasteiger charge is 2.31. The average molecular weight is 216 g/mol. The summed E-state index contributed by atoms with van der Waals surface area (Å²) in [7, 11) is 0. The van der Waals surface area contributed by atoms with E-state index in [0.29, 0.717) is 6.07 Å². The smallest absolute Gasteiger partial charge is 0.416 e. The van der Waals surface area contributed by atoms with Crippen molar-refractivity contribution in [2.75, 3.05) is 6.61 Å². The second-order valence-electron chi connectivity index (χ2n) is 2.73. The number of phenolic OH excluding ortho intramolecular Hbond substituents is 1. The molecule has 0 aliphatic rings. The molecule has 2 N–H and O–H groups in total. The van der Waals surface area contributed by atoms with E-state index in [4.69, 9.17) is 10.2 Å². The van der Waals surface area contributed by atoms with E-state index in [0.717, 1.165) is 12.1 Å². The third-order valence-corrected chi connectivity index (χ3v) is 1.56. The minimum Gasteiger partial charge on any atom is -0.508 e. The number of phenols is 1. The number of halogens is 3. The highest BCUT2D eigenvalue weighted by molar-refractivity contribution is 5.43. The summed E-state index contributed by atoms with van der Waals surface area (Å²) in [5.41, 5.74) is -0.957. The molecule has 1 rings (SSSR count). The first-order valence-electron chi connectivity index (χ1n) is 3.94. The molecule has 0 fully saturated rings. The number of benzene rings is 1. The average Bonchev–Trinajstić information content (AvgIpc) is 2.12. The second-order valence-corrected chi connectivity index (χ2v) is 2.73. The van der Waals surface area contributed by atoms with Gasteiger partial charge in [-0.05, 0) is 18.2 Å². The van der Waals surface area contributed by atoms with Gasteiger partial charge in [0.25, 0.3) is 0 Å². The van der Waals surface area contributed by atoms with Crippen molar-refractivity contribution in [1.29, 1.82) is 0 Å². The molecule has 5 heteroatoms. The van der Waals surface area contributed by atoms with Crippen LogP contribution >= 0.6 is 0 Å². The van der Waals surface area contributed by atoms with Crippen LogP contribution in [0.25, 0.3) is 0 Å². The fourth-order valence-corrected chi connectivity index (χ4v) is 0.989. The van der Waals surface area contributed by atoms with E-state index >= 15 is 0 Å². The molecule has 0 saturated carbocycles. The molecule has 0 aliphatic carbocycles. The van der Waals surface area contributed by atoms with Crippen molar-refractivity contribution < 1.29 is 23.4 Å². The normalized spacial score (nSPS) is 10.7. The third-order valence-electron chi connectivity index (χ3n) is 1.56. The van der Waals surface area contributed by atoms with E-state index in [1.807, 2.05) is 0 Å². The monoisotopic (exact) mass is 216 g/mol. The van der Waals surface area contributed by atoms with Crippen LogP contribution in [0.3, 0.4) is 0 Å². The van der Waals surface area contributed by atoms with Crippen molar-refractivity contribution in [1.82, 2.24) is 0 Å². The highest BCUT2D eigenvalue weighted by Crippen LogP contribution is 2.32. The summed E-state index contributed by atoms with van der Waals surface area (Å²) in [5, 5.41) is 17.4. The molecule has 0 aromatic heterocycles. The van der Waals surface area contributed by atoms with Crippen LogP contribution in [0, 0.1) is 11.8 Å². The zero-order chi connectivity index (χ0) is 11.5. The second kappa shape index (κ2) is 4.24. The molecule has 80 valence electrons. The topological polar surface area (TPSA) is 40.5 Å². The lowest BCUT2D eigenvalue weighted by atomic mass is 10.1. The molecule has 2 nitrogen and oxygen atoms in total. The summed E-state index contributed by atoms with van der Waals surface area (Å²) >= 11 is 0. The van der Waals surface area contributed by atoms with Crippen LogP contribution in [-0.2, 0) is 6.18 Å². The van der Waals surface area contributed by atoms with Crippen LogP contribution < -0.4 is 0 Å².